The highest BCUT2D eigenvalue weighted by Crippen LogP contribution is 2.25. The maximum Gasteiger partial charge on any atom is 0.0651 e. The molecule has 128 valence electrons. The highest BCUT2D eigenvalue weighted by Gasteiger charge is 2.22. The molecule has 0 saturated carbocycles. The Labute approximate surface area is 135 Å². The smallest absolute Gasteiger partial charge is 0.0651 e. The molecule has 0 saturated heterocycles. The third kappa shape index (κ3) is 12.2. The molecular formula is C20H42O. The summed E-state index contributed by atoms with van der Waals surface area (Å²) in [5.41, 5.74) is 0.104. The van der Waals surface area contributed by atoms with Crippen LogP contribution in [0.1, 0.15) is 99.8 Å². The second kappa shape index (κ2) is 11.5. The maximum atomic E-state index is 6.26. The molecule has 0 fully saturated rings. The zero-order valence-electron chi connectivity index (χ0n) is 16.0. The molecular weight excluding hydrogens is 256 g/mol. The second-order valence-electron chi connectivity index (χ2n) is 8.16. The number of hydrogen-bond donors (Lipinski definition) is 0. The van der Waals surface area contributed by atoms with E-state index in [-0.39, 0.29) is 5.60 Å². The molecule has 1 nitrogen and oxygen atoms in total. The van der Waals surface area contributed by atoms with Gasteiger partial charge in [-0.3, -0.25) is 0 Å². The fraction of sp³-hybridized carbons (Fsp3) is 1.00. The van der Waals surface area contributed by atoms with Crippen LogP contribution in [0.2, 0.25) is 0 Å². The summed E-state index contributed by atoms with van der Waals surface area (Å²) in [6, 6.07) is 0. The van der Waals surface area contributed by atoms with Gasteiger partial charge in [0, 0.05) is 6.61 Å². The molecule has 0 aliphatic carbocycles. The van der Waals surface area contributed by atoms with Crippen molar-refractivity contribution >= 4 is 0 Å². The van der Waals surface area contributed by atoms with Gasteiger partial charge in [0.25, 0.3) is 0 Å². The average Bonchev–Trinajstić information content (AvgIpc) is 2.37. The fourth-order valence-electron chi connectivity index (χ4n) is 2.76. The summed E-state index contributed by atoms with van der Waals surface area (Å²) in [7, 11) is 0. The fourth-order valence-corrected chi connectivity index (χ4v) is 2.76. The largest absolute Gasteiger partial charge is 0.375 e. The van der Waals surface area contributed by atoms with Crippen molar-refractivity contribution in [2.24, 2.45) is 17.8 Å². The van der Waals surface area contributed by atoms with Crippen LogP contribution in [0.15, 0.2) is 0 Å². The van der Waals surface area contributed by atoms with Crippen LogP contribution >= 0.6 is 0 Å². The van der Waals surface area contributed by atoms with Crippen molar-refractivity contribution in [3.8, 4) is 0 Å². The Kier molecular flexibility index (Phi) is 11.5. The van der Waals surface area contributed by atoms with E-state index in [9.17, 15) is 0 Å². The Morgan fingerprint density at radius 2 is 1.38 bits per heavy atom. The minimum Gasteiger partial charge on any atom is -0.375 e. The Hall–Kier alpha value is -0.0400. The van der Waals surface area contributed by atoms with E-state index in [1.807, 2.05) is 0 Å². The SMILES string of the molecule is CCC(C)(CCCC(C)C)OCC[C@H](C)CCCC(C)C. The molecule has 0 heterocycles. The van der Waals surface area contributed by atoms with E-state index in [2.05, 4.69) is 48.5 Å². The van der Waals surface area contributed by atoms with Crippen LogP contribution in [0.4, 0.5) is 0 Å². The number of ether oxygens (including phenoxy) is 1. The van der Waals surface area contributed by atoms with Gasteiger partial charge < -0.3 is 4.74 Å². The van der Waals surface area contributed by atoms with Crippen LogP contribution in [0.3, 0.4) is 0 Å². The molecule has 0 amide bonds. The van der Waals surface area contributed by atoms with Crippen molar-refractivity contribution in [1.29, 1.82) is 0 Å². The van der Waals surface area contributed by atoms with E-state index in [0.717, 1.165) is 30.8 Å². The Morgan fingerprint density at radius 1 is 0.810 bits per heavy atom. The van der Waals surface area contributed by atoms with Gasteiger partial charge in [0.05, 0.1) is 5.60 Å². The Morgan fingerprint density at radius 3 is 1.90 bits per heavy atom. The third-order valence-electron chi connectivity index (χ3n) is 4.77. The predicted octanol–water partition coefficient (Wildman–Crippen LogP) is 6.85. The zero-order valence-corrected chi connectivity index (χ0v) is 16.0. The number of rotatable bonds is 13. The van der Waals surface area contributed by atoms with Gasteiger partial charge in [-0.05, 0) is 43.9 Å². The second-order valence-corrected chi connectivity index (χ2v) is 8.16. The first-order valence-corrected chi connectivity index (χ1v) is 9.43. The van der Waals surface area contributed by atoms with Crippen molar-refractivity contribution in [3.05, 3.63) is 0 Å². The molecule has 0 aliphatic rings. The molecule has 0 bridgehead atoms. The van der Waals surface area contributed by atoms with Crippen molar-refractivity contribution in [2.75, 3.05) is 6.61 Å². The molecule has 0 N–H and O–H groups in total. The van der Waals surface area contributed by atoms with Gasteiger partial charge in [-0.15, -0.1) is 0 Å². The molecule has 0 aromatic heterocycles. The molecule has 2 atom stereocenters. The van der Waals surface area contributed by atoms with E-state index in [0.29, 0.717) is 0 Å². The summed E-state index contributed by atoms with van der Waals surface area (Å²) in [5.74, 6) is 2.46. The molecule has 21 heavy (non-hydrogen) atoms. The standard InChI is InChI=1S/C20H42O/c1-8-20(7,15-10-12-18(4)5)21-16-14-19(6)13-9-11-17(2)3/h17-19H,8-16H2,1-7H3/t19-,20?/m1/s1. The predicted molar refractivity (Wildman–Crippen MR) is 95.8 cm³/mol. The first-order valence-electron chi connectivity index (χ1n) is 9.43. The monoisotopic (exact) mass is 298 g/mol. The van der Waals surface area contributed by atoms with Gasteiger partial charge in [-0.2, -0.15) is 0 Å². The van der Waals surface area contributed by atoms with E-state index in [1.54, 1.807) is 0 Å². The van der Waals surface area contributed by atoms with Crippen LogP contribution in [-0.2, 0) is 4.74 Å². The summed E-state index contributed by atoms with van der Waals surface area (Å²) in [4.78, 5) is 0. The molecule has 0 aliphatic heterocycles. The van der Waals surface area contributed by atoms with Crippen molar-refractivity contribution in [2.45, 2.75) is 105 Å². The van der Waals surface area contributed by atoms with Gasteiger partial charge >= 0.3 is 0 Å². The normalized spacial score (nSPS) is 16.4. The first-order chi connectivity index (χ1) is 9.79. The van der Waals surface area contributed by atoms with Crippen molar-refractivity contribution in [1.82, 2.24) is 0 Å². The minimum atomic E-state index is 0.104. The van der Waals surface area contributed by atoms with E-state index < -0.39 is 0 Å². The molecule has 0 aromatic carbocycles. The Bertz CT molecular complexity index is 234. The lowest BCUT2D eigenvalue weighted by molar-refractivity contribution is -0.0469. The first kappa shape index (κ1) is 21.0. The van der Waals surface area contributed by atoms with Gasteiger partial charge in [0.1, 0.15) is 0 Å². The van der Waals surface area contributed by atoms with Crippen LogP contribution < -0.4 is 0 Å². The minimum absolute atomic E-state index is 0.104. The quantitative estimate of drug-likeness (QED) is 0.361. The summed E-state index contributed by atoms with van der Waals surface area (Å²) >= 11 is 0. The Balaban J connectivity index is 3.82. The van der Waals surface area contributed by atoms with Crippen LogP contribution in [0.5, 0.6) is 0 Å². The maximum absolute atomic E-state index is 6.26. The zero-order chi connectivity index (χ0) is 16.3. The molecule has 1 unspecified atom stereocenters. The lowest BCUT2D eigenvalue weighted by Crippen LogP contribution is -2.29. The summed E-state index contributed by atoms with van der Waals surface area (Å²) in [6.07, 6.45) is 10.3. The third-order valence-corrected chi connectivity index (χ3v) is 4.77. The van der Waals surface area contributed by atoms with Gasteiger partial charge in [-0.25, -0.2) is 0 Å². The summed E-state index contributed by atoms with van der Waals surface area (Å²) in [5, 5.41) is 0. The van der Waals surface area contributed by atoms with E-state index >= 15 is 0 Å². The van der Waals surface area contributed by atoms with Gasteiger partial charge in [0.15, 0.2) is 0 Å². The summed E-state index contributed by atoms with van der Waals surface area (Å²) < 4.78 is 6.26. The molecule has 0 aromatic rings. The highest BCUT2D eigenvalue weighted by molar-refractivity contribution is 4.74. The van der Waals surface area contributed by atoms with Crippen LogP contribution in [0, 0.1) is 17.8 Å². The average molecular weight is 299 g/mol. The van der Waals surface area contributed by atoms with Crippen molar-refractivity contribution in [3.63, 3.8) is 0 Å². The number of hydrogen-bond acceptors (Lipinski definition) is 1. The van der Waals surface area contributed by atoms with E-state index in [4.69, 9.17) is 4.74 Å². The highest BCUT2D eigenvalue weighted by atomic mass is 16.5. The lowest BCUT2D eigenvalue weighted by atomic mass is 9.93. The van der Waals surface area contributed by atoms with E-state index in [1.165, 1.54) is 44.9 Å². The molecule has 0 radical (unpaired) electrons. The topological polar surface area (TPSA) is 9.23 Å². The van der Waals surface area contributed by atoms with Gasteiger partial charge in [0.2, 0.25) is 0 Å². The van der Waals surface area contributed by atoms with Gasteiger partial charge in [-0.1, -0.05) is 73.6 Å². The summed E-state index contributed by atoms with van der Waals surface area (Å²) in [6.45, 7) is 17.1. The van der Waals surface area contributed by atoms with Crippen LogP contribution in [0.25, 0.3) is 0 Å². The van der Waals surface area contributed by atoms with Crippen LogP contribution in [-0.4, -0.2) is 12.2 Å². The lowest BCUT2D eigenvalue weighted by Gasteiger charge is -2.30. The molecule has 0 rings (SSSR count). The molecule has 1 heteroatoms. The van der Waals surface area contributed by atoms with Crippen molar-refractivity contribution < 1.29 is 4.74 Å². The molecule has 0 spiro atoms.